The lowest BCUT2D eigenvalue weighted by atomic mass is 9.91. The molecule has 1 aromatic rings. The van der Waals surface area contributed by atoms with Crippen molar-refractivity contribution >= 4 is 17.8 Å². The minimum absolute atomic E-state index is 0.0382. The largest absolute Gasteiger partial charge is 0.339 e. The summed E-state index contributed by atoms with van der Waals surface area (Å²) in [5, 5.41) is 0. The van der Waals surface area contributed by atoms with Gasteiger partial charge in [-0.25, -0.2) is 0 Å². The van der Waals surface area contributed by atoms with Crippen LogP contribution in [0.1, 0.15) is 31.7 Å². The number of hydrogen-bond acceptors (Lipinski definition) is 2. The van der Waals surface area contributed by atoms with Crippen LogP contribution in [0.3, 0.4) is 0 Å². The molecule has 0 atom stereocenters. The first-order valence-electron chi connectivity index (χ1n) is 7.25. The molecule has 0 aromatic heterocycles. The molecule has 1 aromatic carbocycles. The molecule has 106 valence electrons. The number of rotatable bonds is 4. The molecule has 0 saturated carbocycles. The van der Waals surface area contributed by atoms with Gasteiger partial charge in [0, 0.05) is 31.5 Å². The Morgan fingerprint density at radius 2 is 1.85 bits per heavy atom. The molecule has 3 nitrogen and oxygen atoms in total. The highest BCUT2D eigenvalue weighted by atomic mass is 16.2. The van der Waals surface area contributed by atoms with E-state index < -0.39 is 0 Å². The Morgan fingerprint density at radius 1 is 1.20 bits per heavy atom. The fraction of sp³-hybridized carbons (Fsp3) is 0.412. The van der Waals surface area contributed by atoms with Crippen molar-refractivity contribution in [3.63, 3.8) is 0 Å². The minimum Gasteiger partial charge on any atom is -0.339 e. The van der Waals surface area contributed by atoms with Crippen LogP contribution in [-0.2, 0) is 9.59 Å². The Bertz CT molecular complexity index is 485. The highest BCUT2D eigenvalue weighted by Gasteiger charge is 2.25. The number of carbonyl (C=O) groups is 2. The molecule has 0 bridgehead atoms. The number of ketones is 1. The third-order valence-electron chi connectivity index (χ3n) is 3.83. The van der Waals surface area contributed by atoms with E-state index in [1.54, 1.807) is 6.08 Å². The van der Waals surface area contributed by atoms with Crippen molar-refractivity contribution in [1.29, 1.82) is 0 Å². The van der Waals surface area contributed by atoms with Crippen LogP contribution in [0.2, 0.25) is 0 Å². The van der Waals surface area contributed by atoms with Crippen molar-refractivity contribution in [2.75, 3.05) is 13.1 Å². The molecule has 0 aliphatic carbocycles. The van der Waals surface area contributed by atoms with Gasteiger partial charge in [-0.15, -0.1) is 0 Å². The molecule has 1 saturated heterocycles. The van der Waals surface area contributed by atoms with Crippen LogP contribution in [0.25, 0.3) is 6.08 Å². The third kappa shape index (κ3) is 3.80. The predicted molar refractivity (Wildman–Crippen MR) is 80.1 cm³/mol. The molecule has 1 aliphatic heterocycles. The topological polar surface area (TPSA) is 37.4 Å². The summed E-state index contributed by atoms with van der Waals surface area (Å²) in [5.41, 5.74) is 1.02. The summed E-state index contributed by atoms with van der Waals surface area (Å²) < 4.78 is 0. The van der Waals surface area contributed by atoms with E-state index in [0.29, 0.717) is 25.3 Å². The number of likely N-dealkylation sites (tertiary alicyclic amines) is 1. The number of nitrogens with zero attached hydrogens (tertiary/aromatic N) is 1. The van der Waals surface area contributed by atoms with Gasteiger partial charge in [0.2, 0.25) is 5.91 Å². The van der Waals surface area contributed by atoms with Crippen molar-refractivity contribution in [3.05, 3.63) is 42.0 Å². The maximum absolute atomic E-state index is 12.1. The number of hydrogen-bond donors (Lipinski definition) is 0. The van der Waals surface area contributed by atoms with E-state index in [-0.39, 0.29) is 11.8 Å². The average molecular weight is 271 g/mol. The van der Waals surface area contributed by atoms with Gasteiger partial charge in [0.15, 0.2) is 0 Å². The Hall–Kier alpha value is -1.90. The van der Waals surface area contributed by atoms with Gasteiger partial charge in [0.25, 0.3) is 0 Å². The van der Waals surface area contributed by atoms with Crippen LogP contribution >= 0.6 is 0 Å². The normalized spacial score (nSPS) is 16.6. The van der Waals surface area contributed by atoms with Gasteiger partial charge >= 0.3 is 0 Å². The van der Waals surface area contributed by atoms with E-state index in [9.17, 15) is 9.59 Å². The Morgan fingerprint density at radius 3 is 2.45 bits per heavy atom. The molecular formula is C17H21NO2. The molecule has 0 N–H and O–H groups in total. The smallest absolute Gasteiger partial charge is 0.246 e. The van der Waals surface area contributed by atoms with Gasteiger partial charge in [0.05, 0.1) is 0 Å². The van der Waals surface area contributed by atoms with Gasteiger partial charge in [-0.3, -0.25) is 9.59 Å². The summed E-state index contributed by atoms with van der Waals surface area (Å²) in [4.78, 5) is 25.5. The molecule has 0 unspecified atom stereocenters. The highest BCUT2D eigenvalue weighted by Crippen LogP contribution is 2.19. The Labute approximate surface area is 120 Å². The molecule has 0 radical (unpaired) electrons. The van der Waals surface area contributed by atoms with Gasteiger partial charge in [-0.05, 0) is 24.5 Å². The van der Waals surface area contributed by atoms with Gasteiger partial charge in [-0.2, -0.15) is 0 Å². The summed E-state index contributed by atoms with van der Waals surface area (Å²) in [6.45, 7) is 3.28. The lowest BCUT2D eigenvalue weighted by Crippen LogP contribution is -2.39. The van der Waals surface area contributed by atoms with E-state index in [2.05, 4.69) is 0 Å². The van der Waals surface area contributed by atoms with E-state index in [4.69, 9.17) is 0 Å². The average Bonchev–Trinajstić information content (AvgIpc) is 2.53. The molecule has 1 aliphatic rings. The standard InChI is InChI=1S/C17H21NO2/c1-2-16(19)15-10-12-18(13-11-15)17(20)9-8-14-6-4-3-5-7-14/h3-9,15H,2,10-13H2,1H3/b9-8+. The third-order valence-corrected chi connectivity index (χ3v) is 3.83. The summed E-state index contributed by atoms with van der Waals surface area (Å²) in [5.74, 6) is 0.523. The van der Waals surface area contributed by atoms with E-state index in [0.717, 1.165) is 18.4 Å². The van der Waals surface area contributed by atoms with E-state index in [1.165, 1.54) is 0 Å². The van der Waals surface area contributed by atoms with Crippen LogP contribution in [0.5, 0.6) is 0 Å². The SMILES string of the molecule is CCC(=O)C1CCN(C(=O)/C=C/c2ccccc2)CC1. The van der Waals surface area contributed by atoms with Crippen LogP contribution in [0.4, 0.5) is 0 Å². The van der Waals surface area contributed by atoms with Crippen molar-refractivity contribution in [2.24, 2.45) is 5.92 Å². The number of carbonyl (C=O) groups excluding carboxylic acids is 2. The Kier molecular flexibility index (Phi) is 5.10. The lowest BCUT2D eigenvalue weighted by Gasteiger charge is -2.30. The second kappa shape index (κ2) is 7.04. The lowest BCUT2D eigenvalue weighted by molar-refractivity contribution is -0.131. The van der Waals surface area contributed by atoms with Crippen molar-refractivity contribution in [3.8, 4) is 0 Å². The molecule has 3 heteroatoms. The first-order chi connectivity index (χ1) is 9.70. The monoisotopic (exact) mass is 271 g/mol. The molecule has 1 amide bonds. The van der Waals surface area contributed by atoms with E-state index >= 15 is 0 Å². The molecule has 1 fully saturated rings. The quantitative estimate of drug-likeness (QED) is 0.790. The van der Waals surface area contributed by atoms with E-state index in [1.807, 2.05) is 48.2 Å². The van der Waals surface area contributed by atoms with Gasteiger partial charge < -0.3 is 4.90 Å². The van der Waals surface area contributed by atoms with Gasteiger partial charge in [0.1, 0.15) is 5.78 Å². The van der Waals surface area contributed by atoms with Crippen LogP contribution in [0, 0.1) is 5.92 Å². The van der Waals surface area contributed by atoms with Crippen LogP contribution in [0.15, 0.2) is 36.4 Å². The summed E-state index contributed by atoms with van der Waals surface area (Å²) in [6.07, 6.45) is 5.67. The first-order valence-corrected chi connectivity index (χ1v) is 7.25. The Balaban J connectivity index is 1.86. The molecule has 0 spiro atoms. The predicted octanol–water partition coefficient (Wildman–Crippen LogP) is 2.92. The second-order valence-electron chi connectivity index (χ2n) is 5.16. The van der Waals surface area contributed by atoms with Crippen molar-refractivity contribution in [2.45, 2.75) is 26.2 Å². The van der Waals surface area contributed by atoms with Crippen LogP contribution in [-0.4, -0.2) is 29.7 Å². The number of piperidine rings is 1. The zero-order chi connectivity index (χ0) is 14.4. The first kappa shape index (κ1) is 14.5. The molecule has 2 rings (SSSR count). The summed E-state index contributed by atoms with van der Waals surface area (Å²) in [7, 11) is 0. The maximum Gasteiger partial charge on any atom is 0.246 e. The highest BCUT2D eigenvalue weighted by molar-refractivity contribution is 5.92. The van der Waals surface area contributed by atoms with Gasteiger partial charge in [-0.1, -0.05) is 37.3 Å². The molecule has 20 heavy (non-hydrogen) atoms. The fourth-order valence-electron chi connectivity index (χ4n) is 2.55. The fourth-order valence-corrected chi connectivity index (χ4v) is 2.55. The summed E-state index contributed by atoms with van der Waals surface area (Å²) >= 11 is 0. The minimum atomic E-state index is 0.0382. The molecular weight excluding hydrogens is 250 g/mol. The van der Waals surface area contributed by atoms with Crippen molar-refractivity contribution in [1.82, 2.24) is 4.90 Å². The zero-order valence-corrected chi connectivity index (χ0v) is 11.9. The maximum atomic E-state index is 12.1. The second-order valence-corrected chi connectivity index (χ2v) is 5.16. The molecule has 1 heterocycles. The number of amides is 1. The van der Waals surface area contributed by atoms with Crippen LogP contribution < -0.4 is 0 Å². The number of benzene rings is 1. The number of Topliss-reactive ketones (excluding diaryl/α,β-unsaturated/α-hetero) is 1. The zero-order valence-electron chi connectivity index (χ0n) is 11.9. The summed E-state index contributed by atoms with van der Waals surface area (Å²) in [6, 6.07) is 9.79. The van der Waals surface area contributed by atoms with Crippen molar-refractivity contribution < 1.29 is 9.59 Å².